The van der Waals surface area contributed by atoms with Crippen LogP contribution in [-0.4, -0.2) is 19.3 Å². The molecule has 0 amide bonds. The third kappa shape index (κ3) is 5.96. The van der Waals surface area contributed by atoms with Crippen LogP contribution in [0.3, 0.4) is 0 Å². The van der Waals surface area contributed by atoms with E-state index in [-0.39, 0.29) is 16.6 Å². The van der Waals surface area contributed by atoms with E-state index < -0.39 is 0 Å². The average molecular weight is 655 g/mol. The number of pyridine rings is 1. The van der Waals surface area contributed by atoms with Crippen LogP contribution in [-0.2, 0) is 10.8 Å². The Morgan fingerprint density at radius 3 is 2.29 bits per heavy atom. The maximum atomic E-state index is 14.4. The zero-order chi connectivity index (χ0) is 34.8. The molecule has 7 rings (SSSR count). The number of fused-ring (bicyclic) bond motifs is 3. The molecule has 2 atom stereocenters. The molecule has 0 spiro atoms. The van der Waals surface area contributed by atoms with Gasteiger partial charge in [-0.1, -0.05) is 78.3 Å². The lowest BCUT2D eigenvalue weighted by molar-refractivity contribution is 0.431. The number of aryl methyl sites for hydroxylation is 1. The van der Waals surface area contributed by atoms with Gasteiger partial charge in [0.15, 0.2) is 0 Å². The Morgan fingerprint density at radius 2 is 1.57 bits per heavy atom. The molecule has 3 aromatic carbocycles. The summed E-state index contributed by atoms with van der Waals surface area (Å²) >= 11 is 0. The molecule has 0 saturated carbocycles. The summed E-state index contributed by atoms with van der Waals surface area (Å²) in [4.78, 5) is 4.52. The molecule has 3 aromatic heterocycles. The Balaban J connectivity index is 1.37. The smallest absolute Gasteiger partial charge is 0.140 e. The molecule has 6 aromatic rings. The second kappa shape index (κ2) is 12.0. The van der Waals surface area contributed by atoms with Crippen LogP contribution in [0.25, 0.3) is 33.3 Å². The molecular formula is C43H47FN4O. The van der Waals surface area contributed by atoms with Crippen molar-refractivity contribution in [2.24, 2.45) is 5.92 Å². The van der Waals surface area contributed by atoms with Gasteiger partial charge in [-0.2, -0.15) is 5.10 Å². The minimum Gasteiger partial charge on any atom is -0.457 e. The Morgan fingerprint density at radius 1 is 0.816 bits per heavy atom. The van der Waals surface area contributed by atoms with Gasteiger partial charge in [-0.05, 0) is 74.6 Å². The van der Waals surface area contributed by atoms with Crippen LogP contribution in [0.1, 0.15) is 96.7 Å². The van der Waals surface area contributed by atoms with E-state index in [4.69, 9.17) is 9.84 Å². The number of hydrogen-bond acceptors (Lipinski definition) is 3. The van der Waals surface area contributed by atoms with Gasteiger partial charge in [0.1, 0.15) is 23.1 Å². The molecule has 3 heterocycles. The monoisotopic (exact) mass is 654 g/mol. The second-order valence-corrected chi connectivity index (χ2v) is 16.0. The van der Waals surface area contributed by atoms with Crippen LogP contribution < -0.4 is 4.74 Å². The van der Waals surface area contributed by atoms with E-state index in [1.54, 1.807) is 0 Å². The zero-order valence-electron chi connectivity index (χ0n) is 30.2. The van der Waals surface area contributed by atoms with E-state index in [9.17, 15) is 4.39 Å². The average Bonchev–Trinajstić information content (AvgIpc) is 3.58. The van der Waals surface area contributed by atoms with E-state index in [0.29, 0.717) is 23.4 Å². The third-order valence-corrected chi connectivity index (χ3v) is 9.90. The highest BCUT2D eigenvalue weighted by Gasteiger charge is 2.39. The third-order valence-electron chi connectivity index (χ3n) is 9.90. The van der Waals surface area contributed by atoms with Gasteiger partial charge in [-0.3, -0.25) is 4.57 Å². The molecule has 0 bridgehead atoms. The van der Waals surface area contributed by atoms with Crippen molar-refractivity contribution in [1.29, 1.82) is 0 Å². The van der Waals surface area contributed by atoms with E-state index in [1.165, 1.54) is 41.6 Å². The van der Waals surface area contributed by atoms with Gasteiger partial charge in [-0.15, -0.1) is 0 Å². The number of hydrogen-bond donors (Lipinski definition) is 0. The molecule has 1 unspecified atom stereocenters. The van der Waals surface area contributed by atoms with Crippen molar-refractivity contribution in [3.63, 3.8) is 0 Å². The standard InChI is InChI=1S/C43H47FN4O/c1-26-21-30(48-41(43(7,8)9)39(40(46-48)42(4,5)6)38-27(2)13-12-14-28(38)3)24-32(22-26)49-31-17-18-34-33-15-10-11-16-35(33)47(36(34)25-31)37-23-29(44)19-20-45-37/h10-11,13,15-25,28,38H,12,14H2,1-9H3/t28-,38?/m0/s1. The highest BCUT2D eigenvalue weighted by Crippen LogP contribution is 2.47. The van der Waals surface area contributed by atoms with Crippen LogP contribution in [0, 0.1) is 18.7 Å². The van der Waals surface area contributed by atoms with Gasteiger partial charge in [0.25, 0.3) is 0 Å². The van der Waals surface area contributed by atoms with Crippen LogP contribution in [0.15, 0.2) is 90.6 Å². The van der Waals surface area contributed by atoms with Gasteiger partial charge in [0, 0.05) is 57.5 Å². The largest absolute Gasteiger partial charge is 0.457 e. The predicted molar refractivity (Wildman–Crippen MR) is 199 cm³/mol. The molecule has 1 aliphatic carbocycles. The van der Waals surface area contributed by atoms with E-state index in [0.717, 1.165) is 50.9 Å². The predicted octanol–water partition coefficient (Wildman–Crippen LogP) is 11.7. The van der Waals surface area contributed by atoms with Gasteiger partial charge >= 0.3 is 0 Å². The Kier molecular flexibility index (Phi) is 8.04. The first-order chi connectivity index (χ1) is 23.2. The fourth-order valence-corrected chi connectivity index (χ4v) is 7.84. The lowest BCUT2D eigenvalue weighted by Gasteiger charge is -2.34. The maximum Gasteiger partial charge on any atom is 0.140 e. The first-order valence-corrected chi connectivity index (χ1v) is 17.5. The normalized spacial score (nSPS) is 17.1. The number of ether oxygens (including phenoxy) is 1. The van der Waals surface area contributed by atoms with Gasteiger partial charge in [0.05, 0.1) is 28.1 Å². The quantitative estimate of drug-likeness (QED) is 0.174. The fraction of sp³-hybridized carbons (Fsp3) is 0.349. The minimum atomic E-state index is -0.328. The summed E-state index contributed by atoms with van der Waals surface area (Å²) in [5.41, 5.74) is 8.90. The number of allylic oxidation sites excluding steroid dienone is 2. The zero-order valence-corrected chi connectivity index (χ0v) is 30.2. The molecule has 5 nitrogen and oxygen atoms in total. The summed E-state index contributed by atoms with van der Waals surface area (Å²) in [6.45, 7) is 20.6. The second-order valence-electron chi connectivity index (χ2n) is 16.0. The van der Waals surface area contributed by atoms with Crippen molar-refractivity contribution in [2.45, 2.75) is 91.9 Å². The molecule has 0 fully saturated rings. The van der Waals surface area contributed by atoms with Crippen molar-refractivity contribution in [3.05, 3.63) is 119 Å². The maximum absolute atomic E-state index is 14.4. The van der Waals surface area contributed by atoms with Crippen molar-refractivity contribution in [1.82, 2.24) is 19.3 Å². The number of aromatic nitrogens is 4. The molecule has 0 radical (unpaired) electrons. The number of benzene rings is 3. The number of para-hydroxylation sites is 1. The Bertz CT molecular complexity index is 2240. The SMILES string of the molecule is CC1=CCC[C@H](C)C1c1c(C(C)(C)C)nn(-c2cc(C)cc(Oc3ccc4c5ccccc5n(-c5cc(F)ccn5)c4c3)c2)c1C(C)(C)C. The summed E-state index contributed by atoms with van der Waals surface area (Å²) < 4.78 is 25.2. The topological polar surface area (TPSA) is 44.9 Å². The molecule has 0 saturated heterocycles. The van der Waals surface area contributed by atoms with Crippen LogP contribution in [0.4, 0.5) is 4.39 Å². The number of nitrogens with zero attached hydrogens (tertiary/aromatic N) is 4. The fourth-order valence-electron chi connectivity index (χ4n) is 7.84. The highest BCUT2D eigenvalue weighted by molar-refractivity contribution is 6.09. The molecule has 6 heteroatoms. The summed E-state index contributed by atoms with van der Waals surface area (Å²) in [6.07, 6.45) is 6.25. The lowest BCUT2D eigenvalue weighted by atomic mass is 9.70. The van der Waals surface area contributed by atoms with Crippen LogP contribution in [0.5, 0.6) is 11.5 Å². The summed E-state index contributed by atoms with van der Waals surface area (Å²) in [5, 5.41) is 7.59. The van der Waals surface area contributed by atoms with E-state index in [1.807, 2.05) is 34.9 Å². The first-order valence-electron chi connectivity index (χ1n) is 17.5. The molecule has 0 aliphatic heterocycles. The van der Waals surface area contributed by atoms with E-state index in [2.05, 4.69) is 108 Å². The Labute approximate surface area is 289 Å². The minimum absolute atomic E-state index is 0.133. The van der Waals surface area contributed by atoms with Crippen LogP contribution >= 0.6 is 0 Å². The lowest BCUT2D eigenvalue weighted by Crippen LogP contribution is -2.25. The van der Waals surface area contributed by atoms with Crippen molar-refractivity contribution in [3.8, 4) is 23.0 Å². The van der Waals surface area contributed by atoms with Gasteiger partial charge in [0.2, 0.25) is 0 Å². The molecule has 252 valence electrons. The number of halogens is 1. The summed E-state index contributed by atoms with van der Waals surface area (Å²) in [5.74, 6) is 2.49. The van der Waals surface area contributed by atoms with E-state index >= 15 is 0 Å². The van der Waals surface area contributed by atoms with Gasteiger partial charge < -0.3 is 4.74 Å². The molecular weight excluding hydrogens is 607 g/mol. The molecule has 1 aliphatic rings. The van der Waals surface area contributed by atoms with Crippen LogP contribution in [0.2, 0.25) is 0 Å². The summed E-state index contributed by atoms with van der Waals surface area (Å²) in [6, 6.07) is 23.5. The Hall–Kier alpha value is -4.71. The summed E-state index contributed by atoms with van der Waals surface area (Å²) in [7, 11) is 0. The molecule has 49 heavy (non-hydrogen) atoms. The molecule has 0 N–H and O–H groups in total. The number of rotatable bonds is 5. The van der Waals surface area contributed by atoms with Crippen molar-refractivity contribution < 1.29 is 9.13 Å². The van der Waals surface area contributed by atoms with Crippen molar-refractivity contribution in [2.75, 3.05) is 0 Å². The van der Waals surface area contributed by atoms with Crippen molar-refractivity contribution >= 4 is 21.8 Å². The van der Waals surface area contributed by atoms with Gasteiger partial charge in [-0.25, -0.2) is 14.1 Å². The highest BCUT2D eigenvalue weighted by atomic mass is 19.1. The first kappa shape index (κ1) is 32.8.